The molecular formula is C6H8N3O. The summed E-state index contributed by atoms with van der Waals surface area (Å²) in [5, 5.41) is 9.71. The molecule has 0 aromatic carbocycles. The highest BCUT2D eigenvalue weighted by atomic mass is 16.1. The second-order valence-corrected chi connectivity index (χ2v) is 1.98. The highest BCUT2D eigenvalue weighted by molar-refractivity contribution is 5.61. The summed E-state index contributed by atoms with van der Waals surface area (Å²) >= 11 is 0. The van der Waals surface area contributed by atoms with Crippen molar-refractivity contribution in [3.63, 3.8) is 0 Å². The first-order valence-electron chi connectivity index (χ1n) is 3.12. The summed E-state index contributed by atoms with van der Waals surface area (Å²) < 4.78 is 0. The molecule has 0 aliphatic rings. The first-order chi connectivity index (χ1) is 4.88. The third kappa shape index (κ3) is 1.21. The quantitative estimate of drug-likeness (QED) is 0.658. The van der Waals surface area contributed by atoms with E-state index >= 15 is 0 Å². The van der Waals surface area contributed by atoms with Gasteiger partial charge < -0.3 is 0 Å². The van der Waals surface area contributed by atoms with E-state index in [4.69, 9.17) is 0 Å². The van der Waals surface area contributed by atoms with Crippen LogP contribution in [0.2, 0.25) is 0 Å². The lowest BCUT2D eigenvalue weighted by molar-refractivity contribution is 0.538. The number of hydrogen-bond acceptors (Lipinski definition) is 3. The van der Waals surface area contributed by atoms with Crippen molar-refractivity contribution in [1.82, 2.24) is 15.4 Å². The zero-order chi connectivity index (χ0) is 7.40. The smallest absolute Gasteiger partial charge is 0.208 e. The second-order valence-electron chi connectivity index (χ2n) is 1.98. The van der Waals surface area contributed by atoms with Gasteiger partial charge in [0.25, 0.3) is 0 Å². The van der Waals surface area contributed by atoms with Gasteiger partial charge in [-0.2, -0.15) is 0 Å². The normalized spacial score (nSPS) is 12.9. The van der Waals surface area contributed by atoms with Crippen molar-refractivity contribution in [1.29, 1.82) is 0 Å². The van der Waals surface area contributed by atoms with Gasteiger partial charge in [-0.15, -0.1) is 5.10 Å². The zero-order valence-electron chi connectivity index (χ0n) is 5.66. The van der Waals surface area contributed by atoms with Crippen LogP contribution >= 0.6 is 0 Å². The van der Waals surface area contributed by atoms with Gasteiger partial charge in [0.1, 0.15) is 0 Å². The van der Waals surface area contributed by atoms with E-state index < -0.39 is 0 Å². The number of H-pyrrole nitrogens is 1. The van der Waals surface area contributed by atoms with Crippen molar-refractivity contribution in [3.05, 3.63) is 11.9 Å². The molecule has 1 radical (unpaired) electrons. The minimum absolute atomic E-state index is 0.223. The maximum Gasteiger partial charge on any atom is 0.208 e. The van der Waals surface area contributed by atoms with E-state index in [2.05, 4.69) is 15.4 Å². The Labute approximate surface area is 58.6 Å². The molecule has 0 aliphatic carbocycles. The molecule has 0 aliphatic heterocycles. The molecule has 1 atom stereocenters. The number of aromatic amines is 1. The van der Waals surface area contributed by atoms with Crippen molar-refractivity contribution in [2.45, 2.75) is 19.3 Å². The van der Waals surface area contributed by atoms with Gasteiger partial charge in [-0.1, -0.05) is 12.1 Å². The van der Waals surface area contributed by atoms with E-state index in [1.807, 2.05) is 13.2 Å². The molecule has 0 spiro atoms. The largest absolute Gasteiger partial charge is 0.290 e. The molecule has 0 amide bonds. The topological polar surface area (TPSA) is 58.6 Å². The predicted octanol–water partition coefficient (Wildman–Crippen LogP) is 0.408. The fraction of sp³-hybridized carbons (Fsp3) is 0.500. The van der Waals surface area contributed by atoms with E-state index in [-0.39, 0.29) is 5.92 Å². The zero-order valence-corrected chi connectivity index (χ0v) is 5.66. The monoisotopic (exact) mass is 138 g/mol. The van der Waals surface area contributed by atoms with E-state index in [9.17, 15) is 4.79 Å². The van der Waals surface area contributed by atoms with Gasteiger partial charge in [0.2, 0.25) is 6.29 Å². The van der Waals surface area contributed by atoms with Gasteiger partial charge in [0.05, 0.1) is 11.6 Å². The standard InChI is InChI=1S/C6H8N3O/c1-2-5(4-10)6-3-7-9-8-6/h3,5H,2H2,1H3,(H,7,8,9). The maximum atomic E-state index is 10.2. The first-order valence-corrected chi connectivity index (χ1v) is 3.12. The number of aromatic nitrogens is 3. The summed E-state index contributed by atoms with van der Waals surface area (Å²) in [5.41, 5.74) is 0.664. The van der Waals surface area contributed by atoms with E-state index in [1.54, 1.807) is 6.20 Å². The predicted molar refractivity (Wildman–Crippen MR) is 35.1 cm³/mol. The van der Waals surface area contributed by atoms with Crippen LogP contribution in [0.15, 0.2) is 6.20 Å². The molecular weight excluding hydrogens is 130 g/mol. The summed E-state index contributed by atoms with van der Waals surface area (Å²) in [7, 11) is 0. The molecule has 4 heteroatoms. The second kappa shape index (κ2) is 3.10. The van der Waals surface area contributed by atoms with Gasteiger partial charge in [-0.3, -0.25) is 9.89 Å². The van der Waals surface area contributed by atoms with E-state index in [1.165, 1.54) is 0 Å². The maximum absolute atomic E-state index is 10.2. The van der Waals surface area contributed by atoms with Gasteiger partial charge >= 0.3 is 0 Å². The molecule has 0 saturated carbocycles. The van der Waals surface area contributed by atoms with Crippen LogP contribution in [0.4, 0.5) is 0 Å². The molecule has 1 N–H and O–H groups in total. The Morgan fingerprint density at radius 1 is 1.90 bits per heavy atom. The van der Waals surface area contributed by atoms with Crippen LogP contribution in [-0.2, 0) is 4.79 Å². The molecule has 53 valence electrons. The summed E-state index contributed by atoms with van der Waals surface area (Å²) in [4.78, 5) is 10.2. The summed E-state index contributed by atoms with van der Waals surface area (Å²) in [6, 6.07) is 0. The van der Waals surface area contributed by atoms with Crippen LogP contribution < -0.4 is 0 Å². The summed E-state index contributed by atoms with van der Waals surface area (Å²) in [6.45, 7) is 1.91. The molecule has 10 heavy (non-hydrogen) atoms. The van der Waals surface area contributed by atoms with E-state index in [0.29, 0.717) is 5.69 Å². The molecule has 1 rings (SSSR count). The Hall–Kier alpha value is -1.19. The summed E-state index contributed by atoms with van der Waals surface area (Å²) in [6.07, 6.45) is 4.21. The van der Waals surface area contributed by atoms with Crippen LogP contribution in [0.3, 0.4) is 0 Å². The molecule has 0 fully saturated rings. The van der Waals surface area contributed by atoms with Crippen molar-refractivity contribution in [3.8, 4) is 0 Å². The molecule has 0 bridgehead atoms. The number of nitrogens with zero attached hydrogens (tertiary/aromatic N) is 2. The number of rotatable bonds is 3. The van der Waals surface area contributed by atoms with Crippen molar-refractivity contribution < 1.29 is 4.79 Å². The number of nitrogens with one attached hydrogen (secondary N) is 1. The summed E-state index contributed by atoms with van der Waals surface area (Å²) in [5.74, 6) is -0.223. The fourth-order valence-electron chi connectivity index (χ4n) is 0.734. The minimum atomic E-state index is -0.223. The van der Waals surface area contributed by atoms with Crippen molar-refractivity contribution >= 4 is 6.29 Å². The molecule has 1 heterocycles. The SMILES string of the molecule is CCC([C]=O)c1c[nH]nn1. The van der Waals surface area contributed by atoms with Crippen LogP contribution in [0, 0.1) is 0 Å². The van der Waals surface area contributed by atoms with Gasteiger partial charge in [0.15, 0.2) is 0 Å². The average molecular weight is 138 g/mol. The lowest BCUT2D eigenvalue weighted by atomic mass is 10.1. The minimum Gasteiger partial charge on any atom is -0.290 e. The lowest BCUT2D eigenvalue weighted by Crippen LogP contribution is -1.98. The van der Waals surface area contributed by atoms with Gasteiger partial charge in [-0.05, 0) is 6.42 Å². The Balaban J connectivity index is 2.73. The Kier molecular flexibility index (Phi) is 2.15. The van der Waals surface area contributed by atoms with Crippen LogP contribution in [0.5, 0.6) is 0 Å². The van der Waals surface area contributed by atoms with Crippen LogP contribution in [0.25, 0.3) is 0 Å². The van der Waals surface area contributed by atoms with Crippen molar-refractivity contribution in [2.24, 2.45) is 0 Å². The third-order valence-corrected chi connectivity index (χ3v) is 1.34. The number of carbonyl (C=O) groups excluding carboxylic acids is 1. The Bertz CT molecular complexity index is 195. The molecule has 1 aromatic rings. The number of hydrogen-bond donors (Lipinski definition) is 1. The first kappa shape index (κ1) is 6.92. The highest BCUT2D eigenvalue weighted by Crippen LogP contribution is 2.11. The Morgan fingerprint density at radius 2 is 2.70 bits per heavy atom. The third-order valence-electron chi connectivity index (χ3n) is 1.34. The van der Waals surface area contributed by atoms with E-state index in [0.717, 1.165) is 6.42 Å². The van der Waals surface area contributed by atoms with Crippen molar-refractivity contribution in [2.75, 3.05) is 0 Å². The van der Waals surface area contributed by atoms with Gasteiger partial charge in [-0.25, -0.2) is 0 Å². The molecule has 1 unspecified atom stereocenters. The highest BCUT2D eigenvalue weighted by Gasteiger charge is 2.10. The molecule has 4 nitrogen and oxygen atoms in total. The average Bonchev–Trinajstić information content (AvgIpc) is 2.43. The van der Waals surface area contributed by atoms with Crippen LogP contribution in [-0.4, -0.2) is 21.7 Å². The molecule has 0 saturated heterocycles. The molecule has 1 aromatic heterocycles. The fourth-order valence-corrected chi connectivity index (χ4v) is 0.734. The van der Waals surface area contributed by atoms with Gasteiger partial charge in [0, 0.05) is 6.20 Å². The Morgan fingerprint density at radius 3 is 3.10 bits per heavy atom. The lowest BCUT2D eigenvalue weighted by Gasteiger charge is -1.97. The van der Waals surface area contributed by atoms with Crippen LogP contribution in [0.1, 0.15) is 25.0 Å².